The number of aryl methyl sites for hydroxylation is 1. The number of benzene rings is 1. The van der Waals surface area contributed by atoms with Crippen molar-refractivity contribution in [3.63, 3.8) is 0 Å². The molecule has 1 aromatic rings. The third-order valence-electron chi connectivity index (χ3n) is 3.93. The summed E-state index contributed by atoms with van der Waals surface area (Å²) in [4.78, 5) is 0.288. The van der Waals surface area contributed by atoms with Crippen molar-refractivity contribution >= 4 is 15.7 Å². The van der Waals surface area contributed by atoms with E-state index in [0.29, 0.717) is 17.5 Å². The van der Waals surface area contributed by atoms with Gasteiger partial charge in [0.2, 0.25) is 10.0 Å². The summed E-state index contributed by atoms with van der Waals surface area (Å²) in [7, 11) is -3.44. The van der Waals surface area contributed by atoms with Gasteiger partial charge in [-0.25, -0.2) is 13.1 Å². The van der Waals surface area contributed by atoms with Crippen LogP contribution in [0.1, 0.15) is 31.2 Å². The van der Waals surface area contributed by atoms with Crippen molar-refractivity contribution in [1.29, 1.82) is 0 Å². The molecule has 0 bridgehead atoms. The molecular weight excluding hydrogens is 260 g/mol. The van der Waals surface area contributed by atoms with Crippen molar-refractivity contribution in [2.24, 2.45) is 11.8 Å². The van der Waals surface area contributed by atoms with Gasteiger partial charge in [0.25, 0.3) is 0 Å². The minimum Gasteiger partial charge on any atom is -0.399 e. The van der Waals surface area contributed by atoms with E-state index < -0.39 is 10.0 Å². The predicted molar refractivity (Wildman–Crippen MR) is 75.1 cm³/mol. The Morgan fingerprint density at radius 3 is 2.21 bits per heavy atom. The number of hydrogen-bond acceptors (Lipinski definition) is 3. The first-order valence-electron chi connectivity index (χ1n) is 6.85. The van der Waals surface area contributed by atoms with Crippen molar-refractivity contribution < 1.29 is 8.42 Å². The lowest BCUT2D eigenvalue weighted by atomic mass is 10.1. The highest BCUT2D eigenvalue weighted by atomic mass is 32.2. The first kappa shape index (κ1) is 12.9. The summed E-state index contributed by atoms with van der Waals surface area (Å²) in [5, 5.41) is 0. The van der Waals surface area contributed by atoms with Crippen LogP contribution in [0.5, 0.6) is 0 Å². The van der Waals surface area contributed by atoms with Gasteiger partial charge in [-0.2, -0.15) is 0 Å². The minimum atomic E-state index is -3.44. The molecule has 0 aromatic heterocycles. The van der Waals surface area contributed by atoms with Gasteiger partial charge in [0.1, 0.15) is 0 Å². The first-order chi connectivity index (χ1) is 8.95. The number of nitrogens with two attached hydrogens (primary N) is 1. The fraction of sp³-hybridized carbons (Fsp3) is 0.571. The van der Waals surface area contributed by atoms with Gasteiger partial charge >= 0.3 is 0 Å². The Labute approximate surface area is 114 Å². The maximum Gasteiger partial charge on any atom is 0.240 e. The van der Waals surface area contributed by atoms with Crippen LogP contribution in [0.3, 0.4) is 0 Å². The van der Waals surface area contributed by atoms with Crippen molar-refractivity contribution in [3.05, 3.63) is 23.8 Å². The molecule has 2 aliphatic carbocycles. The monoisotopic (exact) mass is 280 g/mol. The SMILES string of the molecule is Cc1cc(N)cc(S(=O)(=O)NC(C2CC2)C2CC2)c1. The number of hydrogen-bond donors (Lipinski definition) is 2. The van der Waals surface area contributed by atoms with Gasteiger partial charge in [-0.05, 0) is 68.2 Å². The molecular formula is C14H20N2O2S. The largest absolute Gasteiger partial charge is 0.399 e. The van der Waals surface area contributed by atoms with Crippen LogP contribution in [0.15, 0.2) is 23.1 Å². The molecule has 0 radical (unpaired) electrons. The summed E-state index contributed by atoms with van der Waals surface area (Å²) in [6.07, 6.45) is 4.61. The number of sulfonamides is 1. The van der Waals surface area contributed by atoms with Gasteiger partial charge in [-0.15, -0.1) is 0 Å². The molecule has 2 saturated carbocycles. The van der Waals surface area contributed by atoms with E-state index in [1.807, 2.05) is 6.92 Å². The molecule has 0 saturated heterocycles. The molecule has 5 heteroatoms. The third-order valence-corrected chi connectivity index (χ3v) is 5.37. The van der Waals surface area contributed by atoms with Gasteiger partial charge in [-0.3, -0.25) is 0 Å². The van der Waals surface area contributed by atoms with E-state index in [2.05, 4.69) is 4.72 Å². The van der Waals surface area contributed by atoms with E-state index >= 15 is 0 Å². The molecule has 19 heavy (non-hydrogen) atoms. The van der Waals surface area contributed by atoms with Crippen LogP contribution < -0.4 is 10.5 Å². The Bertz CT molecular complexity index is 557. The molecule has 0 aliphatic heterocycles. The van der Waals surface area contributed by atoms with Crippen molar-refractivity contribution in [2.75, 3.05) is 5.73 Å². The van der Waals surface area contributed by atoms with Crippen LogP contribution in [-0.4, -0.2) is 14.5 Å². The Kier molecular flexibility index (Phi) is 3.06. The van der Waals surface area contributed by atoms with E-state index in [0.717, 1.165) is 31.2 Å². The van der Waals surface area contributed by atoms with Gasteiger partial charge in [-0.1, -0.05) is 0 Å². The van der Waals surface area contributed by atoms with Crippen LogP contribution in [0.25, 0.3) is 0 Å². The van der Waals surface area contributed by atoms with E-state index in [4.69, 9.17) is 5.73 Å². The highest BCUT2D eigenvalue weighted by Gasteiger charge is 2.43. The molecule has 3 N–H and O–H groups in total. The lowest BCUT2D eigenvalue weighted by Gasteiger charge is -2.18. The van der Waals surface area contributed by atoms with E-state index in [-0.39, 0.29) is 10.9 Å². The van der Waals surface area contributed by atoms with Crippen molar-refractivity contribution in [1.82, 2.24) is 4.72 Å². The lowest BCUT2D eigenvalue weighted by Crippen LogP contribution is -2.38. The van der Waals surface area contributed by atoms with Crippen LogP contribution in [-0.2, 0) is 10.0 Å². The fourth-order valence-corrected chi connectivity index (χ4v) is 4.18. The number of nitrogen functional groups attached to an aromatic ring is 1. The summed E-state index contributed by atoms with van der Waals surface area (Å²) in [5.41, 5.74) is 7.10. The number of rotatable bonds is 5. The van der Waals surface area contributed by atoms with Gasteiger partial charge < -0.3 is 5.73 Å². The van der Waals surface area contributed by atoms with Crippen LogP contribution in [0.4, 0.5) is 5.69 Å². The molecule has 0 atom stereocenters. The summed E-state index contributed by atoms with van der Waals surface area (Å²) in [6.45, 7) is 1.86. The number of anilines is 1. The van der Waals surface area contributed by atoms with E-state index in [1.165, 1.54) is 6.07 Å². The molecule has 2 aliphatic rings. The lowest BCUT2D eigenvalue weighted by molar-refractivity contribution is 0.471. The first-order valence-corrected chi connectivity index (χ1v) is 8.33. The van der Waals surface area contributed by atoms with Crippen molar-refractivity contribution in [2.45, 2.75) is 43.5 Å². The second-order valence-electron chi connectivity index (χ2n) is 5.90. The summed E-state index contributed by atoms with van der Waals surface area (Å²) < 4.78 is 27.8. The smallest absolute Gasteiger partial charge is 0.240 e. The zero-order chi connectivity index (χ0) is 13.6. The Hall–Kier alpha value is -1.07. The van der Waals surface area contributed by atoms with Crippen LogP contribution in [0.2, 0.25) is 0 Å². The summed E-state index contributed by atoms with van der Waals surface area (Å²) in [5.74, 6) is 1.09. The quantitative estimate of drug-likeness (QED) is 0.811. The Morgan fingerprint density at radius 2 is 1.74 bits per heavy atom. The maximum atomic E-state index is 12.4. The van der Waals surface area contributed by atoms with Crippen LogP contribution >= 0.6 is 0 Å². The van der Waals surface area contributed by atoms with Crippen molar-refractivity contribution in [3.8, 4) is 0 Å². The average Bonchev–Trinajstić information content (AvgIpc) is 3.17. The summed E-state index contributed by atoms with van der Waals surface area (Å²) >= 11 is 0. The third kappa shape index (κ3) is 2.92. The zero-order valence-electron chi connectivity index (χ0n) is 11.1. The fourth-order valence-electron chi connectivity index (χ4n) is 2.67. The Balaban J connectivity index is 1.84. The highest BCUT2D eigenvalue weighted by Crippen LogP contribution is 2.45. The highest BCUT2D eigenvalue weighted by molar-refractivity contribution is 7.89. The molecule has 0 unspecified atom stereocenters. The van der Waals surface area contributed by atoms with Crippen LogP contribution in [0, 0.1) is 18.8 Å². The standard InChI is InChI=1S/C14H20N2O2S/c1-9-6-12(15)8-13(7-9)19(17,18)16-14(10-2-3-10)11-4-5-11/h6-8,10-11,14,16H,2-5,15H2,1H3. The summed E-state index contributed by atoms with van der Waals surface area (Å²) in [6, 6.07) is 5.12. The molecule has 0 amide bonds. The zero-order valence-corrected chi connectivity index (χ0v) is 11.9. The minimum absolute atomic E-state index is 0.131. The topological polar surface area (TPSA) is 72.2 Å². The molecule has 3 rings (SSSR count). The van der Waals surface area contributed by atoms with E-state index in [9.17, 15) is 8.42 Å². The molecule has 4 nitrogen and oxygen atoms in total. The maximum absolute atomic E-state index is 12.4. The van der Waals surface area contributed by atoms with Gasteiger partial charge in [0.15, 0.2) is 0 Å². The average molecular weight is 280 g/mol. The molecule has 0 spiro atoms. The normalized spacial score (nSPS) is 19.9. The van der Waals surface area contributed by atoms with Gasteiger partial charge in [0, 0.05) is 11.7 Å². The molecule has 0 heterocycles. The van der Waals surface area contributed by atoms with E-state index in [1.54, 1.807) is 12.1 Å². The molecule has 1 aromatic carbocycles. The predicted octanol–water partition coefficient (Wildman–Crippen LogP) is 2.04. The second-order valence-corrected chi connectivity index (χ2v) is 7.62. The van der Waals surface area contributed by atoms with Gasteiger partial charge in [0.05, 0.1) is 4.90 Å². The molecule has 2 fully saturated rings. The Morgan fingerprint density at radius 1 is 1.16 bits per heavy atom. The second kappa shape index (κ2) is 4.49. The number of nitrogens with one attached hydrogen (secondary N) is 1. The molecule has 104 valence electrons.